The van der Waals surface area contributed by atoms with Crippen LogP contribution in [0.3, 0.4) is 0 Å². The quantitative estimate of drug-likeness (QED) is 0.540. The maximum atomic E-state index is 12.7. The highest BCUT2D eigenvalue weighted by molar-refractivity contribution is 7.71. The highest BCUT2D eigenvalue weighted by atomic mass is 32.1. The number of piperidine rings is 1. The number of rotatable bonds is 7. The average Bonchev–Trinajstić information content (AvgIpc) is 3.19. The van der Waals surface area contributed by atoms with Crippen molar-refractivity contribution in [1.82, 2.24) is 19.7 Å². The molecular formula is C22H25N5O4S. The Morgan fingerprint density at radius 1 is 1.25 bits per heavy atom. The molecule has 2 aromatic heterocycles. The zero-order valence-electron chi connectivity index (χ0n) is 18.0. The molecule has 0 unspecified atom stereocenters. The molecule has 1 aliphatic heterocycles. The molecule has 32 heavy (non-hydrogen) atoms. The molecule has 1 fully saturated rings. The van der Waals surface area contributed by atoms with Crippen molar-refractivity contribution in [3.8, 4) is 23.0 Å². The number of anilines is 1. The topological polar surface area (TPSA) is 94.7 Å². The molecule has 1 atom stereocenters. The number of amides is 1. The van der Waals surface area contributed by atoms with Crippen LogP contribution in [0.15, 0.2) is 47.0 Å². The lowest BCUT2D eigenvalue weighted by Gasteiger charge is -2.31. The number of ether oxygens (including phenoxy) is 2. The highest BCUT2D eigenvalue weighted by Gasteiger charge is 2.27. The summed E-state index contributed by atoms with van der Waals surface area (Å²) in [5.74, 6) is 2.05. The Morgan fingerprint density at radius 3 is 2.72 bits per heavy atom. The molecule has 3 heterocycles. The molecule has 1 aromatic carbocycles. The van der Waals surface area contributed by atoms with Crippen LogP contribution in [0.4, 0.5) is 5.82 Å². The molecule has 1 saturated heterocycles. The van der Waals surface area contributed by atoms with Gasteiger partial charge in [-0.15, -0.1) is 5.10 Å². The van der Waals surface area contributed by atoms with Crippen molar-refractivity contribution >= 4 is 23.9 Å². The van der Waals surface area contributed by atoms with Crippen LogP contribution in [0.2, 0.25) is 0 Å². The third kappa shape index (κ3) is 5.14. The standard InChI is InChI=1S/C22H25N5O4S/c1-29-17-10-16(11-18(12-17)30-2)21-25-27(22(32)31-21)14-26-9-5-6-15(13-26)20(28)24-19-7-3-4-8-23-19/h3-4,7-8,10-12,15H,5-6,9,13-14H2,1-2H3,(H,23,24,28)/t15-/m0/s1. The number of benzene rings is 1. The molecule has 1 amide bonds. The number of hydrogen-bond donors (Lipinski definition) is 1. The largest absolute Gasteiger partial charge is 0.497 e. The zero-order valence-corrected chi connectivity index (χ0v) is 18.8. The molecule has 1 aliphatic rings. The van der Waals surface area contributed by atoms with Crippen LogP contribution in [0, 0.1) is 10.8 Å². The SMILES string of the molecule is COc1cc(OC)cc(-c2nn(CN3CCC[C@H](C(=O)Nc4ccccn4)C3)c(=S)o2)c1. The second kappa shape index (κ2) is 9.92. The highest BCUT2D eigenvalue weighted by Crippen LogP contribution is 2.29. The number of carbonyl (C=O) groups is 1. The van der Waals surface area contributed by atoms with Crippen LogP contribution in [-0.4, -0.2) is 52.9 Å². The molecular weight excluding hydrogens is 430 g/mol. The van der Waals surface area contributed by atoms with E-state index in [1.807, 2.05) is 24.3 Å². The monoisotopic (exact) mass is 455 g/mol. The fourth-order valence-electron chi connectivity index (χ4n) is 3.70. The Kier molecular flexibility index (Phi) is 6.81. The second-order valence-electron chi connectivity index (χ2n) is 7.54. The maximum Gasteiger partial charge on any atom is 0.288 e. The van der Waals surface area contributed by atoms with Gasteiger partial charge in [-0.1, -0.05) is 6.07 Å². The van der Waals surface area contributed by atoms with E-state index in [4.69, 9.17) is 26.1 Å². The second-order valence-corrected chi connectivity index (χ2v) is 7.89. The van der Waals surface area contributed by atoms with E-state index in [9.17, 15) is 4.79 Å². The van der Waals surface area contributed by atoms with Crippen molar-refractivity contribution in [3.63, 3.8) is 0 Å². The van der Waals surface area contributed by atoms with Crippen molar-refractivity contribution in [2.45, 2.75) is 19.5 Å². The van der Waals surface area contributed by atoms with Crippen LogP contribution in [0.1, 0.15) is 12.8 Å². The summed E-state index contributed by atoms with van der Waals surface area (Å²) >= 11 is 5.39. The van der Waals surface area contributed by atoms with Gasteiger partial charge in [0.25, 0.3) is 4.84 Å². The number of aromatic nitrogens is 3. The Morgan fingerprint density at radius 2 is 2.03 bits per heavy atom. The summed E-state index contributed by atoms with van der Waals surface area (Å²) in [4.78, 5) is 19.3. The maximum absolute atomic E-state index is 12.7. The Labute approximate surface area is 191 Å². The van der Waals surface area contributed by atoms with Gasteiger partial charge in [0.05, 0.1) is 26.8 Å². The van der Waals surface area contributed by atoms with Gasteiger partial charge in [0.1, 0.15) is 17.3 Å². The number of nitrogens with zero attached hydrogens (tertiary/aromatic N) is 4. The van der Waals surface area contributed by atoms with Crippen LogP contribution in [0.25, 0.3) is 11.5 Å². The number of nitrogens with one attached hydrogen (secondary N) is 1. The molecule has 9 nitrogen and oxygen atoms in total. The predicted molar refractivity (Wildman–Crippen MR) is 121 cm³/mol. The minimum Gasteiger partial charge on any atom is -0.497 e. The molecule has 0 radical (unpaired) electrons. The fourth-order valence-corrected chi connectivity index (χ4v) is 3.87. The van der Waals surface area contributed by atoms with E-state index in [0.717, 1.165) is 19.4 Å². The van der Waals surface area contributed by atoms with Gasteiger partial charge in [0, 0.05) is 24.4 Å². The summed E-state index contributed by atoms with van der Waals surface area (Å²) in [5.41, 5.74) is 0.706. The number of hydrogen-bond acceptors (Lipinski definition) is 8. The van der Waals surface area contributed by atoms with Gasteiger partial charge in [0.2, 0.25) is 11.8 Å². The molecule has 0 aliphatic carbocycles. The van der Waals surface area contributed by atoms with Crippen molar-refractivity contribution in [3.05, 3.63) is 47.4 Å². The van der Waals surface area contributed by atoms with E-state index in [1.165, 1.54) is 0 Å². The first kappa shape index (κ1) is 22.0. The van der Waals surface area contributed by atoms with Crippen LogP contribution >= 0.6 is 12.2 Å². The Hall–Kier alpha value is -3.24. The fraction of sp³-hybridized carbons (Fsp3) is 0.364. The summed E-state index contributed by atoms with van der Waals surface area (Å²) in [6.07, 6.45) is 3.39. The average molecular weight is 456 g/mol. The number of likely N-dealkylation sites (tertiary alicyclic amines) is 1. The van der Waals surface area contributed by atoms with Crippen molar-refractivity contribution in [2.24, 2.45) is 5.92 Å². The summed E-state index contributed by atoms with van der Waals surface area (Å²) in [5, 5.41) is 7.44. The molecule has 168 valence electrons. The third-order valence-corrected chi connectivity index (χ3v) is 5.63. The van der Waals surface area contributed by atoms with Crippen molar-refractivity contribution in [1.29, 1.82) is 0 Å². The van der Waals surface area contributed by atoms with Crippen LogP contribution in [-0.2, 0) is 11.5 Å². The molecule has 0 bridgehead atoms. The van der Waals surface area contributed by atoms with E-state index in [1.54, 1.807) is 37.2 Å². The summed E-state index contributed by atoms with van der Waals surface area (Å²) in [6.45, 7) is 1.90. The van der Waals surface area contributed by atoms with E-state index in [2.05, 4.69) is 20.3 Å². The molecule has 4 rings (SSSR count). The molecule has 0 spiro atoms. The lowest BCUT2D eigenvalue weighted by Crippen LogP contribution is -2.41. The molecule has 0 saturated carbocycles. The normalized spacial score (nSPS) is 16.5. The summed E-state index contributed by atoms with van der Waals surface area (Å²) < 4.78 is 18.0. The van der Waals surface area contributed by atoms with E-state index < -0.39 is 0 Å². The van der Waals surface area contributed by atoms with Crippen molar-refractivity contribution in [2.75, 3.05) is 32.6 Å². The number of carbonyl (C=O) groups excluding carboxylic acids is 1. The lowest BCUT2D eigenvalue weighted by molar-refractivity contribution is -0.121. The zero-order chi connectivity index (χ0) is 22.5. The van der Waals surface area contributed by atoms with Gasteiger partial charge in [0.15, 0.2) is 0 Å². The minimum absolute atomic E-state index is 0.0266. The first-order valence-corrected chi connectivity index (χ1v) is 10.7. The van der Waals surface area contributed by atoms with Crippen LogP contribution in [0.5, 0.6) is 11.5 Å². The number of pyridine rings is 1. The third-order valence-electron chi connectivity index (χ3n) is 5.33. The molecule has 1 N–H and O–H groups in total. The molecule has 10 heteroatoms. The number of methoxy groups -OCH3 is 2. The van der Waals surface area contributed by atoms with Gasteiger partial charge in [-0.25, -0.2) is 9.67 Å². The van der Waals surface area contributed by atoms with E-state index in [-0.39, 0.29) is 16.7 Å². The Balaban J connectivity index is 1.45. The first-order chi connectivity index (χ1) is 15.6. The Bertz CT molecular complexity index is 1110. The lowest BCUT2D eigenvalue weighted by atomic mass is 9.97. The van der Waals surface area contributed by atoms with Crippen LogP contribution < -0.4 is 14.8 Å². The van der Waals surface area contributed by atoms with Gasteiger partial charge in [-0.3, -0.25) is 9.69 Å². The van der Waals surface area contributed by atoms with Gasteiger partial charge >= 0.3 is 0 Å². The van der Waals surface area contributed by atoms with E-state index >= 15 is 0 Å². The molecule has 3 aromatic rings. The van der Waals surface area contributed by atoms with Gasteiger partial charge in [-0.05, 0) is 55.9 Å². The minimum atomic E-state index is -0.131. The van der Waals surface area contributed by atoms with Crippen molar-refractivity contribution < 1.29 is 18.7 Å². The summed E-state index contributed by atoms with van der Waals surface area (Å²) in [6, 6.07) is 10.8. The van der Waals surface area contributed by atoms with E-state index in [0.29, 0.717) is 42.0 Å². The van der Waals surface area contributed by atoms with Gasteiger partial charge < -0.3 is 19.2 Å². The van der Waals surface area contributed by atoms with Gasteiger partial charge in [-0.2, -0.15) is 0 Å². The first-order valence-electron chi connectivity index (χ1n) is 10.3. The smallest absolute Gasteiger partial charge is 0.288 e. The predicted octanol–water partition coefficient (Wildman–Crippen LogP) is 3.59. The summed E-state index contributed by atoms with van der Waals surface area (Å²) in [7, 11) is 3.17.